The standard InChI is InChI=1S/C33H22Cl2N4O5/c34-19-11-14-26(25(35)16-19)38-31(41)29-28-21-5-1-3-7-23(21)33(30(29)32(38)42,24-8-4-2-6-22(24)28)17-36-37-27(40)15-18-9-12-20(13-10-18)39(43)44/h1-14,16-17,28-30H,15H2,(H,37,40)/b36-17-/t28?,29-,30+,33?/m1/s1. The van der Waals surface area contributed by atoms with Crippen LogP contribution in [0.5, 0.6) is 0 Å². The summed E-state index contributed by atoms with van der Waals surface area (Å²) in [6.07, 6.45) is 1.51. The summed E-state index contributed by atoms with van der Waals surface area (Å²) in [7, 11) is 0. The average molecular weight is 625 g/mol. The first-order valence-corrected chi connectivity index (χ1v) is 14.6. The van der Waals surface area contributed by atoms with Crippen LogP contribution < -0.4 is 10.3 Å². The number of rotatable bonds is 6. The Morgan fingerprint density at radius 3 is 2.18 bits per heavy atom. The van der Waals surface area contributed by atoms with Crippen LogP contribution in [0.15, 0.2) is 96.1 Å². The molecule has 3 amide bonds. The van der Waals surface area contributed by atoms with Gasteiger partial charge in [0.2, 0.25) is 17.7 Å². The van der Waals surface area contributed by atoms with Crippen LogP contribution in [0, 0.1) is 22.0 Å². The molecule has 44 heavy (non-hydrogen) atoms. The van der Waals surface area contributed by atoms with Crippen molar-refractivity contribution < 1.29 is 19.3 Å². The van der Waals surface area contributed by atoms with Gasteiger partial charge in [-0.25, -0.2) is 10.3 Å². The van der Waals surface area contributed by atoms with Crippen LogP contribution >= 0.6 is 23.2 Å². The van der Waals surface area contributed by atoms with Crippen molar-refractivity contribution in [3.05, 3.63) is 139 Å². The molecule has 3 aliphatic carbocycles. The summed E-state index contributed by atoms with van der Waals surface area (Å²) in [4.78, 5) is 53.2. The molecule has 8 rings (SSSR count). The van der Waals surface area contributed by atoms with Gasteiger partial charge in [0.1, 0.15) is 0 Å². The molecule has 1 fully saturated rings. The Morgan fingerprint density at radius 1 is 0.932 bits per heavy atom. The van der Waals surface area contributed by atoms with E-state index in [2.05, 4.69) is 10.5 Å². The maximum Gasteiger partial charge on any atom is 0.269 e. The molecule has 0 spiro atoms. The molecule has 1 saturated heterocycles. The number of hydrogen-bond donors (Lipinski definition) is 1. The van der Waals surface area contributed by atoms with Crippen LogP contribution in [0.1, 0.15) is 33.7 Å². The van der Waals surface area contributed by atoms with Gasteiger partial charge >= 0.3 is 0 Å². The van der Waals surface area contributed by atoms with E-state index in [1.165, 1.54) is 30.3 Å². The molecule has 0 unspecified atom stereocenters. The van der Waals surface area contributed by atoms with E-state index in [0.717, 1.165) is 27.2 Å². The van der Waals surface area contributed by atoms with Crippen molar-refractivity contribution in [2.75, 3.05) is 4.90 Å². The Morgan fingerprint density at radius 2 is 1.57 bits per heavy atom. The Bertz CT molecular complexity index is 1880. The van der Waals surface area contributed by atoms with E-state index < -0.39 is 34.0 Å². The van der Waals surface area contributed by atoms with E-state index in [9.17, 15) is 24.5 Å². The first kappa shape index (κ1) is 27.9. The minimum absolute atomic E-state index is 0.0656. The molecule has 218 valence electrons. The topological polar surface area (TPSA) is 122 Å². The number of carbonyl (C=O) groups excluding carboxylic acids is 3. The van der Waals surface area contributed by atoms with Crippen molar-refractivity contribution in [1.82, 2.24) is 5.43 Å². The third-order valence-corrected chi connectivity index (χ3v) is 9.34. The number of amides is 3. The zero-order valence-corrected chi connectivity index (χ0v) is 24.3. The first-order valence-electron chi connectivity index (χ1n) is 13.8. The number of non-ortho nitro benzene ring substituents is 1. The van der Waals surface area contributed by atoms with Crippen LogP contribution in [0.25, 0.3) is 0 Å². The zero-order chi connectivity index (χ0) is 30.7. The minimum Gasteiger partial charge on any atom is -0.274 e. The lowest BCUT2D eigenvalue weighted by Gasteiger charge is -2.52. The van der Waals surface area contributed by atoms with Crippen molar-refractivity contribution in [2.24, 2.45) is 16.9 Å². The highest BCUT2D eigenvalue weighted by atomic mass is 35.5. The van der Waals surface area contributed by atoms with Gasteiger partial charge in [0.25, 0.3) is 5.69 Å². The van der Waals surface area contributed by atoms with Crippen molar-refractivity contribution in [3.63, 3.8) is 0 Å². The SMILES string of the molecule is O=C(Cc1ccc([N+](=O)[O-])cc1)N/N=C\C12c3ccccc3C(c3ccccc31)[C@H]1C(=O)N(c3ccc(Cl)cc3Cl)C(=O)[C@H]12. The van der Waals surface area contributed by atoms with Crippen LogP contribution in [0.3, 0.4) is 0 Å². The van der Waals surface area contributed by atoms with Gasteiger partial charge in [-0.15, -0.1) is 0 Å². The summed E-state index contributed by atoms with van der Waals surface area (Å²) >= 11 is 12.6. The van der Waals surface area contributed by atoms with Crippen molar-refractivity contribution >= 4 is 58.5 Å². The molecular weight excluding hydrogens is 603 g/mol. The molecular formula is C33H22Cl2N4O5. The quantitative estimate of drug-likeness (QED) is 0.126. The summed E-state index contributed by atoms with van der Waals surface area (Å²) in [6, 6.07) is 25.7. The average Bonchev–Trinajstić information content (AvgIpc) is 3.28. The number of anilines is 1. The molecule has 0 radical (unpaired) electrons. The molecule has 4 aromatic carbocycles. The monoisotopic (exact) mass is 624 g/mol. The van der Waals surface area contributed by atoms with Crippen LogP contribution in [0.4, 0.5) is 11.4 Å². The molecule has 2 bridgehead atoms. The Hall–Kier alpha value is -4.86. The third kappa shape index (κ3) is 4.07. The van der Waals surface area contributed by atoms with Gasteiger partial charge in [-0.3, -0.25) is 24.5 Å². The molecule has 1 aliphatic heterocycles. The summed E-state index contributed by atoms with van der Waals surface area (Å²) in [6.45, 7) is 0. The molecule has 1 N–H and O–H groups in total. The van der Waals surface area contributed by atoms with E-state index >= 15 is 0 Å². The highest BCUT2D eigenvalue weighted by Crippen LogP contribution is 2.63. The zero-order valence-electron chi connectivity index (χ0n) is 22.8. The number of nitro groups is 1. The van der Waals surface area contributed by atoms with E-state index in [4.69, 9.17) is 23.2 Å². The summed E-state index contributed by atoms with van der Waals surface area (Å²) in [5.74, 6) is -3.18. The van der Waals surface area contributed by atoms with Crippen molar-refractivity contribution in [2.45, 2.75) is 17.8 Å². The van der Waals surface area contributed by atoms with E-state index in [-0.39, 0.29) is 34.6 Å². The second-order valence-corrected chi connectivity index (χ2v) is 11.9. The van der Waals surface area contributed by atoms with Gasteiger partial charge in [-0.1, -0.05) is 83.9 Å². The van der Waals surface area contributed by atoms with Crippen molar-refractivity contribution in [3.8, 4) is 0 Å². The second kappa shape index (κ2) is 10.4. The van der Waals surface area contributed by atoms with Crippen LogP contribution in [-0.4, -0.2) is 28.9 Å². The third-order valence-electron chi connectivity index (χ3n) is 8.80. The number of hydrogen-bond acceptors (Lipinski definition) is 6. The molecule has 2 atom stereocenters. The number of halogens is 2. The highest BCUT2D eigenvalue weighted by molar-refractivity contribution is 6.38. The summed E-state index contributed by atoms with van der Waals surface area (Å²) < 4.78 is 0. The van der Waals surface area contributed by atoms with Gasteiger partial charge < -0.3 is 0 Å². The second-order valence-electron chi connectivity index (χ2n) is 11.0. The predicted molar refractivity (Wildman–Crippen MR) is 165 cm³/mol. The van der Waals surface area contributed by atoms with E-state index in [1.807, 2.05) is 48.5 Å². The lowest BCUT2D eigenvalue weighted by Crippen LogP contribution is -2.54. The van der Waals surface area contributed by atoms with Gasteiger partial charge in [-0.2, -0.15) is 5.10 Å². The molecule has 11 heteroatoms. The number of nitrogens with one attached hydrogen (secondary N) is 1. The van der Waals surface area contributed by atoms with Gasteiger partial charge in [0.15, 0.2) is 0 Å². The maximum absolute atomic E-state index is 14.4. The van der Waals surface area contributed by atoms with Crippen LogP contribution in [0.2, 0.25) is 10.0 Å². The number of nitro benzene ring substituents is 1. The van der Waals surface area contributed by atoms with Crippen LogP contribution in [-0.2, 0) is 26.2 Å². The molecule has 4 aromatic rings. The number of imide groups is 1. The Kier molecular flexibility index (Phi) is 6.60. The predicted octanol–water partition coefficient (Wildman–Crippen LogP) is 5.80. The van der Waals surface area contributed by atoms with Gasteiger partial charge in [0.05, 0.1) is 39.3 Å². The lowest BCUT2D eigenvalue weighted by atomic mass is 9.47. The fourth-order valence-corrected chi connectivity index (χ4v) is 7.61. The van der Waals surface area contributed by atoms with Crippen molar-refractivity contribution in [1.29, 1.82) is 0 Å². The lowest BCUT2D eigenvalue weighted by molar-refractivity contribution is -0.384. The Balaban J connectivity index is 1.31. The fourth-order valence-electron chi connectivity index (χ4n) is 7.12. The summed E-state index contributed by atoms with van der Waals surface area (Å²) in [5.41, 5.74) is 5.66. The number of benzene rings is 4. The maximum atomic E-state index is 14.4. The van der Waals surface area contributed by atoms with E-state index in [1.54, 1.807) is 18.3 Å². The number of carbonyl (C=O) groups is 3. The normalized spacial score (nSPS) is 23.0. The Labute approximate surface area is 261 Å². The van der Waals surface area contributed by atoms with Gasteiger partial charge in [-0.05, 0) is 46.0 Å². The first-order chi connectivity index (χ1) is 21.2. The minimum atomic E-state index is -1.17. The number of nitrogens with zero attached hydrogens (tertiary/aromatic N) is 3. The molecule has 0 aromatic heterocycles. The largest absolute Gasteiger partial charge is 0.274 e. The fraction of sp³-hybridized carbons (Fsp3) is 0.152. The number of hydrazone groups is 1. The molecule has 0 saturated carbocycles. The molecule has 4 aliphatic rings. The summed E-state index contributed by atoms with van der Waals surface area (Å²) in [5, 5.41) is 15.9. The highest BCUT2D eigenvalue weighted by Gasteiger charge is 2.68. The molecule has 1 heterocycles. The van der Waals surface area contributed by atoms with Gasteiger partial charge in [0, 0.05) is 29.3 Å². The molecule has 9 nitrogen and oxygen atoms in total. The smallest absolute Gasteiger partial charge is 0.269 e. The van der Waals surface area contributed by atoms with E-state index in [0.29, 0.717) is 10.6 Å².